The van der Waals surface area contributed by atoms with E-state index in [9.17, 15) is 4.79 Å². The van der Waals surface area contributed by atoms with Crippen molar-refractivity contribution in [1.29, 1.82) is 0 Å². The van der Waals surface area contributed by atoms with E-state index < -0.39 is 0 Å². The Kier molecular flexibility index (Phi) is 6.08. The van der Waals surface area contributed by atoms with Gasteiger partial charge in [-0.1, -0.05) is 50.9 Å². The van der Waals surface area contributed by atoms with Crippen molar-refractivity contribution in [1.82, 2.24) is 9.88 Å². The molecule has 0 aliphatic carbocycles. The van der Waals surface area contributed by atoms with Gasteiger partial charge in [0.1, 0.15) is 5.15 Å². The van der Waals surface area contributed by atoms with Gasteiger partial charge in [-0.15, -0.1) is 0 Å². The molecule has 0 fully saturated rings. The maximum atomic E-state index is 12.5. The Morgan fingerprint density at radius 1 is 1.21 bits per heavy atom. The van der Waals surface area contributed by atoms with Crippen molar-refractivity contribution in [3.05, 3.63) is 28.0 Å². The molecule has 0 aromatic carbocycles. The zero-order valence-electron chi connectivity index (χ0n) is 11.8. The summed E-state index contributed by atoms with van der Waals surface area (Å²) in [7, 11) is 0. The maximum absolute atomic E-state index is 12.5. The van der Waals surface area contributed by atoms with Gasteiger partial charge >= 0.3 is 0 Å². The average molecular weight is 303 g/mol. The van der Waals surface area contributed by atoms with E-state index in [0.717, 1.165) is 13.1 Å². The highest BCUT2D eigenvalue weighted by molar-refractivity contribution is 6.41. The van der Waals surface area contributed by atoms with E-state index in [2.05, 4.69) is 32.7 Å². The van der Waals surface area contributed by atoms with Crippen LogP contribution in [0, 0.1) is 11.8 Å². The number of aromatic nitrogens is 1. The lowest BCUT2D eigenvalue weighted by Gasteiger charge is -2.26. The molecule has 0 spiro atoms. The van der Waals surface area contributed by atoms with Crippen LogP contribution in [-0.2, 0) is 0 Å². The Morgan fingerprint density at radius 2 is 1.74 bits per heavy atom. The molecule has 0 atom stereocenters. The minimum absolute atomic E-state index is 0.0477. The van der Waals surface area contributed by atoms with E-state index in [1.54, 1.807) is 6.07 Å². The number of hydrogen-bond donors (Lipinski definition) is 0. The van der Waals surface area contributed by atoms with Gasteiger partial charge in [0.25, 0.3) is 5.91 Å². The molecule has 0 saturated heterocycles. The number of nitrogens with zero attached hydrogens (tertiary/aromatic N) is 2. The van der Waals surface area contributed by atoms with E-state index in [4.69, 9.17) is 23.2 Å². The van der Waals surface area contributed by atoms with E-state index in [0.29, 0.717) is 22.4 Å². The molecule has 0 aliphatic heterocycles. The van der Waals surface area contributed by atoms with Crippen molar-refractivity contribution in [2.45, 2.75) is 27.7 Å². The minimum atomic E-state index is -0.0477. The number of amides is 1. The summed E-state index contributed by atoms with van der Waals surface area (Å²) in [5.74, 6) is 0.783. The predicted octanol–water partition coefficient (Wildman–Crippen LogP) is 4.14. The summed E-state index contributed by atoms with van der Waals surface area (Å²) in [5.41, 5.74) is 0.482. The van der Waals surface area contributed by atoms with Gasteiger partial charge in [-0.05, 0) is 17.9 Å². The van der Waals surface area contributed by atoms with Gasteiger partial charge in [-0.25, -0.2) is 4.98 Å². The van der Waals surface area contributed by atoms with Crippen molar-refractivity contribution in [2.75, 3.05) is 13.1 Å². The molecule has 106 valence electrons. The van der Waals surface area contributed by atoms with Crippen molar-refractivity contribution in [2.24, 2.45) is 11.8 Å². The van der Waals surface area contributed by atoms with Gasteiger partial charge in [0.05, 0.1) is 10.6 Å². The second kappa shape index (κ2) is 7.11. The minimum Gasteiger partial charge on any atom is -0.338 e. The van der Waals surface area contributed by atoms with Gasteiger partial charge in [0.15, 0.2) is 0 Å². The third-order valence-corrected chi connectivity index (χ3v) is 3.19. The molecule has 1 heterocycles. The van der Waals surface area contributed by atoms with Gasteiger partial charge in [-0.2, -0.15) is 0 Å². The molecule has 1 amide bonds. The fourth-order valence-electron chi connectivity index (χ4n) is 1.84. The smallest absolute Gasteiger partial charge is 0.255 e. The maximum Gasteiger partial charge on any atom is 0.255 e. The Labute approximate surface area is 124 Å². The van der Waals surface area contributed by atoms with E-state index in [1.807, 2.05) is 4.90 Å². The third kappa shape index (κ3) is 5.00. The Hall–Kier alpha value is -0.800. The predicted molar refractivity (Wildman–Crippen MR) is 79.8 cm³/mol. The number of halogens is 2. The quantitative estimate of drug-likeness (QED) is 0.766. The van der Waals surface area contributed by atoms with Crippen LogP contribution < -0.4 is 0 Å². The fraction of sp³-hybridized carbons (Fsp3) is 0.571. The third-order valence-electron chi connectivity index (χ3n) is 2.50. The fourth-order valence-corrected chi connectivity index (χ4v) is 2.11. The lowest BCUT2D eigenvalue weighted by molar-refractivity contribution is 0.0714. The first kappa shape index (κ1) is 16.3. The van der Waals surface area contributed by atoms with E-state index in [-0.39, 0.29) is 11.1 Å². The van der Waals surface area contributed by atoms with Gasteiger partial charge < -0.3 is 4.90 Å². The number of hydrogen-bond acceptors (Lipinski definition) is 2. The molecule has 5 heteroatoms. The summed E-state index contributed by atoms with van der Waals surface area (Å²) >= 11 is 11.7. The Bertz CT molecular complexity index is 437. The summed E-state index contributed by atoms with van der Waals surface area (Å²) < 4.78 is 0. The normalized spacial score (nSPS) is 11.2. The summed E-state index contributed by atoms with van der Waals surface area (Å²) in [5, 5.41) is 0.527. The summed E-state index contributed by atoms with van der Waals surface area (Å²) in [6.07, 6.45) is 1.48. The van der Waals surface area contributed by atoms with Crippen molar-refractivity contribution in [3.63, 3.8) is 0 Å². The number of rotatable bonds is 5. The molecule has 0 radical (unpaired) electrons. The topological polar surface area (TPSA) is 33.2 Å². The molecule has 0 N–H and O–H groups in total. The second-order valence-electron chi connectivity index (χ2n) is 5.49. The van der Waals surface area contributed by atoms with Crippen LogP contribution in [0.2, 0.25) is 10.2 Å². The number of carbonyl (C=O) groups is 1. The van der Waals surface area contributed by atoms with Crippen LogP contribution in [0.3, 0.4) is 0 Å². The molecular weight excluding hydrogens is 283 g/mol. The SMILES string of the molecule is CC(C)CN(CC(C)C)C(=O)c1cnc(Cl)c(Cl)c1. The first-order valence-electron chi connectivity index (χ1n) is 6.41. The van der Waals surface area contributed by atoms with Crippen LogP contribution in [0.15, 0.2) is 12.3 Å². The lowest BCUT2D eigenvalue weighted by atomic mass is 10.1. The molecule has 1 aromatic heterocycles. The van der Waals surface area contributed by atoms with Crippen molar-refractivity contribution >= 4 is 29.1 Å². The summed E-state index contributed by atoms with van der Waals surface area (Å²) in [6.45, 7) is 9.80. The summed E-state index contributed by atoms with van der Waals surface area (Å²) in [6, 6.07) is 1.58. The molecular formula is C14H20Cl2N2O. The monoisotopic (exact) mass is 302 g/mol. The zero-order valence-corrected chi connectivity index (χ0v) is 13.3. The molecule has 0 saturated carbocycles. The van der Waals surface area contributed by atoms with Crippen LogP contribution >= 0.6 is 23.2 Å². The highest BCUT2D eigenvalue weighted by Crippen LogP contribution is 2.21. The van der Waals surface area contributed by atoms with Crippen LogP contribution in [0.25, 0.3) is 0 Å². The highest BCUT2D eigenvalue weighted by Gasteiger charge is 2.19. The highest BCUT2D eigenvalue weighted by atomic mass is 35.5. The first-order chi connectivity index (χ1) is 8.81. The molecule has 0 bridgehead atoms. The molecule has 19 heavy (non-hydrogen) atoms. The first-order valence-corrected chi connectivity index (χ1v) is 7.17. The van der Waals surface area contributed by atoms with Gasteiger partial charge in [0, 0.05) is 19.3 Å². The molecule has 3 nitrogen and oxygen atoms in total. The number of carbonyl (C=O) groups excluding carboxylic acids is 1. The molecule has 0 unspecified atom stereocenters. The molecule has 0 aliphatic rings. The van der Waals surface area contributed by atoms with Gasteiger partial charge in [-0.3, -0.25) is 4.79 Å². The van der Waals surface area contributed by atoms with Crippen LogP contribution in [-0.4, -0.2) is 28.9 Å². The van der Waals surface area contributed by atoms with Gasteiger partial charge in [0.2, 0.25) is 0 Å². The van der Waals surface area contributed by atoms with Crippen LogP contribution in [0.5, 0.6) is 0 Å². The second-order valence-corrected chi connectivity index (χ2v) is 6.26. The summed E-state index contributed by atoms with van der Waals surface area (Å²) in [4.78, 5) is 18.2. The largest absolute Gasteiger partial charge is 0.338 e. The zero-order chi connectivity index (χ0) is 14.6. The van der Waals surface area contributed by atoms with E-state index in [1.165, 1.54) is 6.20 Å². The van der Waals surface area contributed by atoms with Crippen molar-refractivity contribution < 1.29 is 4.79 Å². The number of pyridine rings is 1. The molecule has 1 rings (SSSR count). The van der Waals surface area contributed by atoms with E-state index >= 15 is 0 Å². The standard InChI is InChI=1S/C14H20Cl2N2O/c1-9(2)7-18(8-10(3)4)14(19)11-5-12(15)13(16)17-6-11/h5-6,9-10H,7-8H2,1-4H3. The van der Waals surface area contributed by atoms with Crippen LogP contribution in [0.4, 0.5) is 0 Å². The molecule has 1 aromatic rings. The Balaban J connectivity index is 2.94. The van der Waals surface area contributed by atoms with Crippen molar-refractivity contribution in [3.8, 4) is 0 Å². The average Bonchev–Trinajstić information content (AvgIpc) is 2.29. The lowest BCUT2D eigenvalue weighted by Crippen LogP contribution is -2.37. The van der Waals surface area contributed by atoms with Crippen LogP contribution in [0.1, 0.15) is 38.1 Å². The Morgan fingerprint density at radius 3 is 2.16 bits per heavy atom.